The van der Waals surface area contributed by atoms with E-state index in [1.165, 1.54) is 7.11 Å². The Kier molecular flexibility index (Phi) is 3.45. The number of hydrogen-bond donors (Lipinski definition) is 2. The van der Waals surface area contributed by atoms with E-state index in [0.29, 0.717) is 16.7 Å². The fourth-order valence-corrected chi connectivity index (χ4v) is 3.47. The lowest BCUT2D eigenvalue weighted by molar-refractivity contribution is 0.402. The number of anilines is 1. The van der Waals surface area contributed by atoms with E-state index in [1.54, 1.807) is 36.4 Å². The smallest absolute Gasteiger partial charge is 0.265 e. The predicted molar refractivity (Wildman–Crippen MR) is 82.4 cm³/mol. The van der Waals surface area contributed by atoms with Crippen molar-refractivity contribution in [3.8, 4) is 5.75 Å². The lowest BCUT2D eigenvalue weighted by Crippen LogP contribution is -2.14. The molecule has 1 heterocycles. The lowest BCUT2D eigenvalue weighted by Gasteiger charge is -2.12. The van der Waals surface area contributed by atoms with Gasteiger partial charge in [-0.3, -0.25) is 4.72 Å². The van der Waals surface area contributed by atoms with Crippen molar-refractivity contribution in [2.45, 2.75) is 11.8 Å². The van der Waals surface area contributed by atoms with Crippen LogP contribution in [0.5, 0.6) is 5.75 Å². The average Bonchev–Trinajstić information content (AvgIpc) is 2.96. The highest BCUT2D eigenvalue weighted by Crippen LogP contribution is 2.28. The van der Waals surface area contributed by atoms with Gasteiger partial charge in [0.1, 0.15) is 21.7 Å². The van der Waals surface area contributed by atoms with Crippen LogP contribution in [0.2, 0.25) is 0 Å². The summed E-state index contributed by atoms with van der Waals surface area (Å²) in [5.74, 6) is 0.283. The Hall–Kier alpha value is -2.61. The molecule has 0 aliphatic rings. The van der Waals surface area contributed by atoms with Gasteiger partial charge < -0.3 is 4.74 Å². The number of aromatic nitrogens is 3. The summed E-state index contributed by atoms with van der Waals surface area (Å²) in [4.78, 5) is 0.0792. The second-order valence-electron chi connectivity index (χ2n) is 4.76. The van der Waals surface area contributed by atoms with Crippen LogP contribution >= 0.6 is 0 Å². The summed E-state index contributed by atoms with van der Waals surface area (Å²) in [6, 6.07) is 10.0. The molecule has 0 fully saturated rings. The van der Waals surface area contributed by atoms with Crippen LogP contribution in [0, 0.1) is 6.92 Å². The molecule has 7 nitrogen and oxygen atoms in total. The van der Waals surface area contributed by atoms with Crippen molar-refractivity contribution in [3.05, 3.63) is 42.0 Å². The van der Waals surface area contributed by atoms with Crippen molar-refractivity contribution in [1.82, 2.24) is 15.4 Å². The summed E-state index contributed by atoms with van der Waals surface area (Å²) in [5, 5.41) is 10.4. The number of aryl methyl sites for hydroxylation is 1. The third kappa shape index (κ3) is 2.48. The van der Waals surface area contributed by atoms with Crippen LogP contribution < -0.4 is 9.46 Å². The van der Waals surface area contributed by atoms with E-state index in [0.717, 1.165) is 5.56 Å². The van der Waals surface area contributed by atoms with Gasteiger partial charge in [-0.25, -0.2) is 8.42 Å². The Labute approximate surface area is 127 Å². The zero-order valence-corrected chi connectivity index (χ0v) is 12.8. The monoisotopic (exact) mass is 318 g/mol. The maximum Gasteiger partial charge on any atom is 0.265 e. The van der Waals surface area contributed by atoms with E-state index >= 15 is 0 Å². The third-order valence-electron chi connectivity index (χ3n) is 3.20. The molecule has 0 aliphatic heterocycles. The SMILES string of the molecule is COc1ccc(C)cc1S(=O)(=O)Nc1cccc2n[nH]nc12. The molecule has 0 bridgehead atoms. The van der Waals surface area contributed by atoms with Gasteiger partial charge in [0.2, 0.25) is 0 Å². The van der Waals surface area contributed by atoms with Gasteiger partial charge in [-0.05, 0) is 36.8 Å². The molecule has 1 aromatic heterocycles. The number of sulfonamides is 1. The fraction of sp³-hybridized carbons (Fsp3) is 0.143. The van der Waals surface area contributed by atoms with E-state index in [2.05, 4.69) is 20.1 Å². The minimum absolute atomic E-state index is 0.0792. The lowest BCUT2D eigenvalue weighted by atomic mass is 10.2. The molecule has 2 aromatic carbocycles. The zero-order chi connectivity index (χ0) is 15.7. The van der Waals surface area contributed by atoms with E-state index < -0.39 is 10.0 Å². The van der Waals surface area contributed by atoms with Crippen molar-refractivity contribution in [1.29, 1.82) is 0 Å². The molecule has 0 unspecified atom stereocenters. The Morgan fingerprint density at radius 2 is 2.00 bits per heavy atom. The molecular formula is C14H14N4O3S. The number of aromatic amines is 1. The molecule has 3 aromatic rings. The number of hydrogen-bond acceptors (Lipinski definition) is 5. The summed E-state index contributed by atoms with van der Waals surface area (Å²) in [6.45, 7) is 1.82. The third-order valence-corrected chi connectivity index (χ3v) is 4.59. The van der Waals surface area contributed by atoms with Gasteiger partial charge in [0, 0.05) is 0 Å². The number of nitrogens with one attached hydrogen (secondary N) is 2. The van der Waals surface area contributed by atoms with Crippen molar-refractivity contribution in [3.63, 3.8) is 0 Å². The van der Waals surface area contributed by atoms with Gasteiger partial charge in [0.05, 0.1) is 12.8 Å². The van der Waals surface area contributed by atoms with Crippen LogP contribution in [0.25, 0.3) is 11.0 Å². The molecule has 8 heteroatoms. The van der Waals surface area contributed by atoms with Crippen molar-refractivity contribution >= 4 is 26.7 Å². The van der Waals surface area contributed by atoms with Crippen LogP contribution in [0.4, 0.5) is 5.69 Å². The summed E-state index contributed by atoms with van der Waals surface area (Å²) in [6.07, 6.45) is 0. The molecule has 0 atom stereocenters. The molecule has 114 valence electrons. The van der Waals surface area contributed by atoms with Gasteiger partial charge in [-0.15, -0.1) is 0 Å². The standard InChI is InChI=1S/C14H14N4O3S/c1-9-6-7-12(21-2)13(8-9)22(19,20)17-11-5-3-4-10-14(11)16-18-15-10/h3-8,17H,1-2H3,(H,15,16,18). The highest BCUT2D eigenvalue weighted by Gasteiger charge is 2.21. The minimum Gasteiger partial charge on any atom is -0.495 e. The normalized spacial score (nSPS) is 11.5. The van der Waals surface area contributed by atoms with Crippen LogP contribution in [-0.4, -0.2) is 30.9 Å². The second kappa shape index (κ2) is 5.30. The summed E-state index contributed by atoms with van der Waals surface area (Å²) >= 11 is 0. The highest BCUT2D eigenvalue weighted by molar-refractivity contribution is 7.92. The molecular weight excluding hydrogens is 304 g/mol. The zero-order valence-electron chi connectivity index (χ0n) is 12.0. The van der Waals surface area contributed by atoms with E-state index in [4.69, 9.17) is 4.74 Å². The Balaban J connectivity index is 2.08. The maximum atomic E-state index is 12.6. The minimum atomic E-state index is -3.80. The first-order valence-corrected chi connectivity index (χ1v) is 7.96. The second-order valence-corrected chi connectivity index (χ2v) is 6.41. The van der Waals surface area contributed by atoms with Crippen molar-refractivity contribution in [2.24, 2.45) is 0 Å². The van der Waals surface area contributed by atoms with Gasteiger partial charge in [0.25, 0.3) is 10.0 Å². The van der Waals surface area contributed by atoms with Gasteiger partial charge >= 0.3 is 0 Å². The molecule has 2 N–H and O–H groups in total. The quantitative estimate of drug-likeness (QED) is 0.767. The average molecular weight is 318 g/mol. The molecule has 3 rings (SSSR count). The number of benzene rings is 2. The van der Waals surface area contributed by atoms with Crippen LogP contribution in [0.1, 0.15) is 5.56 Å². The molecule has 0 aliphatic carbocycles. The number of ether oxygens (including phenoxy) is 1. The Morgan fingerprint density at radius 3 is 2.77 bits per heavy atom. The number of rotatable bonds is 4. The van der Waals surface area contributed by atoms with E-state index in [9.17, 15) is 8.42 Å². The largest absolute Gasteiger partial charge is 0.495 e. The molecule has 0 spiro atoms. The first-order valence-electron chi connectivity index (χ1n) is 6.48. The fourth-order valence-electron chi connectivity index (χ4n) is 2.14. The number of methoxy groups -OCH3 is 1. The number of nitrogens with zero attached hydrogens (tertiary/aromatic N) is 2. The van der Waals surface area contributed by atoms with E-state index in [-0.39, 0.29) is 10.6 Å². The molecule has 0 saturated carbocycles. The first-order chi connectivity index (χ1) is 10.5. The van der Waals surface area contributed by atoms with Crippen molar-refractivity contribution in [2.75, 3.05) is 11.8 Å². The summed E-state index contributed by atoms with van der Waals surface area (Å²) < 4.78 is 33.0. The summed E-state index contributed by atoms with van der Waals surface area (Å²) in [7, 11) is -2.37. The maximum absolute atomic E-state index is 12.6. The van der Waals surface area contributed by atoms with Crippen LogP contribution in [-0.2, 0) is 10.0 Å². The summed E-state index contributed by atoms with van der Waals surface area (Å²) in [5.41, 5.74) is 2.21. The Bertz CT molecular complexity index is 934. The number of H-pyrrole nitrogens is 1. The number of para-hydroxylation sites is 1. The van der Waals surface area contributed by atoms with Gasteiger partial charge in [0.15, 0.2) is 0 Å². The van der Waals surface area contributed by atoms with Gasteiger partial charge in [-0.1, -0.05) is 12.1 Å². The Morgan fingerprint density at radius 1 is 1.18 bits per heavy atom. The molecule has 0 amide bonds. The van der Waals surface area contributed by atoms with Crippen molar-refractivity contribution < 1.29 is 13.2 Å². The molecule has 0 saturated heterocycles. The topological polar surface area (TPSA) is 97.0 Å². The predicted octanol–water partition coefficient (Wildman–Crippen LogP) is 2.08. The van der Waals surface area contributed by atoms with E-state index in [1.807, 2.05) is 6.92 Å². The molecule has 0 radical (unpaired) electrons. The molecule has 22 heavy (non-hydrogen) atoms. The van der Waals surface area contributed by atoms with Crippen LogP contribution in [0.15, 0.2) is 41.3 Å². The van der Waals surface area contributed by atoms with Gasteiger partial charge in [-0.2, -0.15) is 15.4 Å². The van der Waals surface area contributed by atoms with Crippen LogP contribution in [0.3, 0.4) is 0 Å². The highest BCUT2D eigenvalue weighted by atomic mass is 32.2. The first kappa shape index (κ1) is 14.3. The number of fused-ring (bicyclic) bond motifs is 1.